The molecule has 3 N–H and O–H groups in total. The van der Waals surface area contributed by atoms with Crippen molar-refractivity contribution in [2.45, 2.75) is 32.9 Å². The predicted octanol–water partition coefficient (Wildman–Crippen LogP) is 0.946. The molecule has 0 aliphatic rings. The number of imide groups is 1. The van der Waals surface area contributed by atoms with Crippen molar-refractivity contribution in [2.75, 3.05) is 7.05 Å². The van der Waals surface area contributed by atoms with Gasteiger partial charge < -0.3 is 5.32 Å². The van der Waals surface area contributed by atoms with Crippen molar-refractivity contribution in [3.05, 3.63) is 16.1 Å². The Morgan fingerprint density at radius 3 is 2.56 bits per heavy atom. The molecule has 100 valence electrons. The van der Waals surface area contributed by atoms with Gasteiger partial charge in [0.1, 0.15) is 5.01 Å². The fourth-order valence-electron chi connectivity index (χ4n) is 1.38. The van der Waals surface area contributed by atoms with Gasteiger partial charge in [-0.3, -0.25) is 15.4 Å². The molecule has 3 amide bonds. The third-order valence-corrected chi connectivity index (χ3v) is 3.46. The van der Waals surface area contributed by atoms with Crippen LogP contribution < -0.4 is 16.0 Å². The minimum atomic E-state index is -0.508. The Bertz CT molecular complexity index is 432. The van der Waals surface area contributed by atoms with Gasteiger partial charge in [0.15, 0.2) is 0 Å². The Kier molecular flexibility index (Phi) is 5.24. The molecule has 0 fully saturated rings. The lowest BCUT2D eigenvalue weighted by Gasteiger charge is -2.17. The van der Waals surface area contributed by atoms with Gasteiger partial charge in [0.25, 0.3) is 0 Å². The molecule has 2 unspecified atom stereocenters. The number of nitrogens with zero attached hydrogens (tertiary/aromatic N) is 1. The highest BCUT2D eigenvalue weighted by atomic mass is 32.1. The van der Waals surface area contributed by atoms with Crippen LogP contribution in [-0.4, -0.2) is 30.0 Å². The van der Waals surface area contributed by atoms with E-state index in [1.54, 1.807) is 24.5 Å². The number of aromatic nitrogens is 1. The van der Waals surface area contributed by atoms with Crippen LogP contribution in [0.25, 0.3) is 0 Å². The van der Waals surface area contributed by atoms with Crippen LogP contribution in [0, 0.1) is 6.92 Å². The summed E-state index contributed by atoms with van der Waals surface area (Å²) in [7, 11) is 1.46. The summed E-state index contributed by atoms with van der Waals surface area (Å²) in [6.07, 6.45) is 1.80. The zero-order valence-corrected chi connectivity index (χ0v) is 11.7. The molecule has 0 spiro atoms. The van der Waals surface area contributed by atoms with Gasteiger partial charge in [0.05, 0.1) is 12.1 Å². The monoisotopic (exact) mass is 270 g/mol. The van der Waals surface area contributed by atoms with Crippen molar-refractivity contribution < 1.29 is 9.59 Å². The molecule has 0 aromatic carbocycles. The summed E-state index contributed by atoms with van der Waals surface area (Å²) in [5.74, 6) is -0.366. The van der Waals surface area contributed by atoms with Crippen molar-refractivity contribution >= 4 is 23.3 Å². The summed E-state index contributed by atoms with van der Waals surface area (Å²) in [6.45, 7) is 5.62. The van der Waals surface area contributed by atoms with E-state index in [9.17, 15) is 9.59 Å². The normalized spacial score (nSPS) is 13.8. The van der Waals surface area contributed by atoms with Crippen molar-refractivity contribution in [1.82, 2.24) is 20.9 Å². The maximum absolute atomic E-state index is 11.6. The summed E-state index contributed by atoms with van der Waals surface area (Å²) in [5.41, 5.74) is 0. The second kappa shape index (κ2) is 6.46. The average Bonchev–Trinajstić information content (AvgIpc) is 2.75. The molecule has 0 saturated carbocycles. The van der Waals surface area contributed by atoms with Crippen LogP contribution in [0.4, 0.5) is 4.79 Å². The molecule has 2 atom stereocenters. The molecule has 0 saturated heterocycles. The molecule has 1 rings (SSSR count). The summed E-state index contributed by atoms with van der Waals surface area (Å²) >= 11 is 1.58. The fraction of sp³-hybridized carbons (Fsp3) is 0.545. The van der Waals surface area contributed by atoms with Crippen molar-refractivity contribution in [3.8, 4) is 0 Å². The molecule has 6 nitrogen and oxygen atoms in total. The van der Waals surface area contributed by atoms with Crippen LogP contribution in [0.3, 0.4) is 0 Å². The Balaban J connectivity index is 2.51. The Hall–Kier alpha value is -1.47. The number of carbonyl (C=O) groups excluding carboxylic acids is 2. The number of urea groups is 1. The Labute approximate surface area is 110 Å². The quantitative estimate of drug-likeness (QED) is 0.760. The third kappa shape index (κ3) is 4.08. The topological polar surface area (TPSA) is 83.1 Å². The van der Waals surface area contributed by atoms with Gasteiger partial charge in [-0.15, -0.1) is 11.3 Å². The first-order valence-electron chi connectivity index (χ1n) is 5.65. The summed E-state index contributed by atoms with van der Waals surface area (Å²) in [4.78, 5) is 28.0. The largest absolute Gasteiger partial charge is 0.341 e. The van der Waals surface area contributed by atoms with E-state index in [0.717, 1.165) is 9.88 Å². The molecule has 0 aliphatic carbocycles. The standard InChI is InChI=1S/C11H18N4O2S/c1-6-5-13-10(18-6)8(3)14-7(2)9(16)15-11(17)12-4/h5,7-8,14H,1-4H3,(H2,12,15,16,17). The van der Waals surface area contributed by atoms with Crippen molar-refractivity contribution in [1.29, 1.82) is 0 Å². The molecule has 0 bridgehead atoms. The Morgan fingerprint density at radius 1 is 1.39 bits per heavy atom. The lowest BCUT2D eigenvalue weighted by Crippen LogP contribution is -2.47. The summed E-state index contributed by atoms with van der Waals surface area (Å²) in [6, 6.07) is -1.01. The number of rotatable bonds is 4. The van der Waals surface area contributed by atoms with Crippen LogP contribution in [0.2, 0.25) is 0 Å². The van der Waals surface area contributed by atoms with E-state index in [0.29, 0.717) is 0 Å². The maximum atomic E-state index is 11.6. The van der Waals surface area contributed by atoms with E-state index in [4.69, 9.17) is 0 Å². The first-order valence-corrected chi connectivity index (χ1v) is 6.46. The first kappa shape index (κ1) is 14.6. The van der Waals surface area contributed by atoms with E-state index >= 15 is 0 Å². The highest BCUT2D eigenvalue weighted by Crippen LogP contribution is 2.19. The van der Waals surface area contributed by atoms with Crippen molar-refractivity contribution in [2.24, 2.45) is 0 Å². The number of amides is 3. The molecule has 7 heteroatoms. The molecule has 18 heavy (non-hydrogen) atoms. The van der Waals surface area contributed by atoms with E-state index in [-0.39, 0.29) is 11.9 Å². The minimum Gasteiger partial charge on any atom is -0.341 e. The number of hydrogen-bond acceptors (Lipinski definition) is 5. The molecule has 0 radical (unpaired) electrons. The van der Waals surface area contributed by atoms with Gasteiger partial charge in [0, 0.05) is 18.1 Å². The molecule has 0 aliphatic heterocycles. The minimum absolute atomic E-state index is 0.0332. The number of hydrogen-bond donors (Lipinski definition) is 3. The van der Waals surface area contributed by atoms with Crippen LogP contribution >= 0.6 is 11.3 Å². The van der Waals surface area contributed by atoms with E-state index in [1.807, 2.05) is 13.8 Å². The van der Waals surface area contributed by atoms with E-state index < -0.39 is 12.1 Å². The zero-order valence-electron chi connectivity index (χ0n) is 10.9. The third-order valence-electron chi connectivity index (χ3n) is 2.37. The maximum Gasteiger partial charge on any atom is 0.321 e. The van der Waals surface area contributed by atoms with E-state index in [2.05, 4.69) is 20.9 Å². The highest BCUT2D eigenvalue weighted by Gasteiger charge is 2.19. The van der Waals surface area contributed by atoms with Gasteiger partial charge in [-0.1, -0.05) is 0 Å². The zero-order chi connectivity index (χ0) is 13.7. The lowest BCUT2D eigenvalue weighted by molar-refractivity contribution is -0.121. The molecular weight excluding hydrogens is 252 g/mol. The first-order chi connectivity index (χ1) is 8.43. The second-order valence-corrected chi connectivity index (χ2v) is 5.25. The van der Waals surface area contributed by atoms with Crippen LogP contribution in [-0.2, 0) is 4.79 Å². The summed E-state index contributed by atoms with van der Waals surface area (Å²) in [5, 5.41) is 8.57. The highest BCUT2D eigenvalue weighted by molar-refractivity contribution is 7.11. The number of nitrogens with one attached hydrogen (secondary N) is 3. The summed E-state index contributed by atoms with van der Waals surface area (Å²) < 4.78 is 0. The smallest absolute Gasteiger partial charge is 0.321 e. The molecule has 1 aromatic rings. The molecule has 1 aromatic heterocycles. The number of aryl methyl sites for hydroxylation is 1. The predicted molar refractivity (Wildman–Crippen MR) is 70.5 cm³/mol. The number of thiazole rings is 1. The van der Waals surface area contributed by atoms with Gasteiger partial charge in [-0.05, 0) is 20.8 Å². The van der Waals surface area contributed by atoms with Crippen molar-refractivity contribution in [3.63, 3.8) is 0 Å². The van der Waals surface area contributed by atoms with Gasteiger partial charge in [-0.2, -0.15) is 0 Å². The fourth-order valence-corrected chi connectivity index (χ4v) is 2.16. The van der Waals surface area contributed by atoms with Gasteiger partial charge in [0.2, 0.25) is 5.91 Å². The second-order valence-electron chi connectivity index (χ2n) is 3.99. The molecular formula is C11H18N4O2S. The Morgan fingerprint density at radius 2 is 2.06 bits per heavy atom. The number of carbonyl (C=O) groups is 2. The van der Waals surface area contributed by atoms with Crippen LogP contribution in [0.15, 0.2) is 6.20 Å². The van der Waals surface area contributed by atoms with Gasteiger partial charge >= 0.3 is 6.03 Å². The van der Waals surface area contributed by atoms with E-state index in [1.165, 1.54) is 7.05 Å². The van der Waals surface area contributed by atoms with Crippen LogP contribution in [0.1, 0.15) is 29.8 Å². The molecule has 1 heterocycles. The SMILES string of the molecule is CNC(=O)NC(=O)C(C)NC(C)c1ncc(C)s1. The van der Waals surface area contributed by atoms with Gasteiger partial charge in [-0.25, -0.2) is 9.78 Å². The lowest BCUT2D eigenvalue weighted by atomic mass is 10.2. The average molecular weight is 270 g/mol. The van der Waals surface area contributed by atoms with Crippen LogP contribution in [0.5, 0.6) is 0 Å².